The summed E-state index contributed by atoms with van der Waals surface area (Å²) in [5.41, 5.74) is 4.04. The number of aryl methyl sites for hydroxylation is 1. The number of rotatable bonds is 5. The third-order valence-electron chi connectivity index (χ3n) is 4.48. The van der Waals surface area contributed by atoms with E-state index in [4.69, 9.17) is 17.4 Å². The number of nitrogens with one attached hydrogen (secondary N) is 1. The summed E-state index contributed by atoms with van der Waals surface area (Å²) in [6, 6.07) is 0.115. The van der Waals surface area contributed by atoms with E-state index in [0.717, 1.165) is 23.2 Å². The average Bonchev–Trinajstić information content (AvgIpc) is 2.82. The van der Waals surface area contributed by atoms with E-state index in [1.54, 1.807) is 6.20 Å². The van der Waals surface area contributed by atoms with Crippen LogP contribution in [0.5, 0.6) is 0 Å². The van der Waals surface area contributed by atoms with Crippen molar-refractivity contribution in [3.63, 3.8) is 0 Å². The maximum atomic E-state index is 6.31. The number of hydrazine groups is 1. The number of halogens is 1. The molecule has 108 valence electrons. The van der Waals surface area contributed by atoms with E-state index in [1.165, 1.54) is 32.1 Å². The Kier molecular flexibility index (Phi) is 5.25. The fraction of sp³-hybridized carbons (Fsp3) is 0.786. The number of hydrogen-bond donors (Lipinski definition) is 2. The molecule has 0 radical (unpaired) electrons. The van der Waals surface area contributed by atoms with E-state index < -0.39 is 0 Å². The average molecular weight is 285 g/mol. The van der Waals surface area contributed by atoms with Gasteiger partial charge in [-0.3, -0.25) is 16.0 Å². The highest BCUT2D eigenvalue weighted by Gasteiger charge is 2.31. The maximum absolute atomic E-state index is 6.31. The minimum absolute atomic E-state index is 0.115. The van der Waals surface area contributed by atoms with Gasteiger partial charge in [0.1, 0.15) is 0 Å². The zero-order valence-corrected chi connectivity index (χ0v) is 12.7. The second-order valence-electron chi connectivity index (χ2n) is 5.54. The molecule has 1 aliphatic carbocycles. The summed E-state index contributed by atoms with van der Waals surface area (Å²) in [5, 5.41) is 5.05. The van der Waals surface area contributed by atoms with Crippen LogP contribution in [0.4, 0.5) is 0 Å². The van der Waals surface area contributed by atoms with Crippen molar-refractivity contribution in [3.8, 4) is 0 Å². The molecule has 3 N–H and O–H groups in total. The first-order valence-corrected chi connectivity index (χ1v) is 7.76. The Hall–Kier alpha value is -0.580. The van der Waals surface area contributed by atoms with Gasteiger partial charge in [0.25, 0.3) is 0 Å². The summed E-state index contributed by atoms with van der Waals surface area (Å²) in [4.78, 5) is 0. The van der Waals surface area contributed by atoms with Crippen LogP contribution >= 0.6 is 11.6 Å². The smallest absolute Gasteiger partial charge is 0.0834 e. The Morgan fingerprint density at radius 3 is 2.95 bits per heavy atom. The molecule has 0 spiro atoms. The van der Waals surface area contributed by atoms with Crippen LogP contribution < -0.4 is 11.3 Å². The van der Waals surface area contributed by atoms with Crippen LogP contribution in [-0.4, -0.2) is 9.78 Å². The first-order chi connectivity index (χ1) is 9.21. The molecule has 0 bridgehead atoms. The van der Waals surface area contributed by atoms with Gasteiger partial charge in [-0.2, -0.15) is 5.10 Å². The van der Waals surface area contributed by atoms with Gasteiger partial charge in [0.2, 0.25) is 0 Å². The number of hydrogen-bond acceptors (Lipinski definition) is 3. The van der Waals surface area contributed by atoms with Gasteiger partial charge in [0, 0.05) is 6.54 Å². The molecule has 1 aromatic heterocycles. The van der Waals surface area contributed by atoms with Gasteiger partial charge in [-0.1, -0.05) is 37.8 Å². The Morgan fingerprint density at radius 2 is 2.32 bits per heavy atom. The molecule has 0 aliphatic heterocycles. The topological polar surface area (TPSA) is 55.9 Å². The van der Waals surface area contributed by atoms with E-state index in [1.807, 2.05) is 4.68 Å². The molecule has 3 unspecified atom stereocenters. The molecule has 5 heteroatoms. The molecule has 1 aliphatic rings. The van der Waals surface area contributed by atoms with E-state index in [-0.39, 0.29) is 6.04 Å². The lowest BCUT2D eigenvalue weighted by Gasteiger charge is -2.34. The predicted octanol–water partition coefficient (Wildman–Crippen LogP) is 3.28. The molecule has 3 atom stereocenters. The van der Waals surface area contributed by atoms with Crippen LogP contribution in [0.1, 0.15) is 57.7 Å². The van der Waals surface area contributed by atoms with Crippen LogP contribution in [0, 0.1) is 11.8 Å². The molecule has 0 saturated heterocycles. The van der Waals surface area contributed by atoms with Crippen molar-refractivity contribution in [1.29, 1.82) is 0 Å². The van der Waals surface area contributed by atoms with E-state index in [9.17, 15) is 0 Å². The van der Waals surface area contributed by atoms with Gasteiger partial charge in [-0.15, -0.1) is 0 Å². The van der Waals surface area contributed by atoms with Crippen LogP contribution in [0.2, 0.25) is 5.02 Å². The van der Waals surface area contributed by atoms with Crippen molar-refractivity contribution in [2.24, 2.45) is 17.7 Å². The monoisotopic (exact) mass is 284 g/mol. The highest BCUT2D eigenvalue weighted by atomic mass is 35.5. The zero-order valence-electron chi connectivity index (χ0n) is 11.9. The van der Waals surface area contributed by atoms with Crippen molar-refractivity contribution in [2.75, 3.05) is 0 Å². The van der Waals surface area contributed by atoms with Gasteiger partial charge in [0.05, 0.1) is 23.0 Å². The van der Waals surface area contributed by atoms with Gasteiger partial charge >= 0.3 is 0 Å². The van der Waals surface area contributed by atoms with Crippen molar-refractivity contribution < 1.29 is 0 Å². The fourth-order valence-electron chi connectivity index (χ4n) is 3.38. The molecule has 1 saturated carbocycles. The Bertz CT molecular complexity index is 404. The minimum Gasteiger partial charge on any atom is -0.271 e. The van der Waals surface area contributed by atoms with E-state index in [0.29, 0.717) is 5.92 Å². The largest absolute Gasteiger partial charge is 0.271 e. The lowest BCUT2D eigenvalue weighted by atomic mass is 9.76. The molecule has 0 amide bonds. The SMILES string of the molecule is CCC1CCCC(C(NN)c2c(Cl)cnn2CC)C1. The lowest BCUT2D eigenvalue weighted by molar-refractivity contribution is 0.204. The van der Waals surface area contributed by atoms with E-state index >= 15 is 0 Å². The van der Waals surface area contributed by atoms with Crippen molar-refractivity contribution in [3.05, 3.63) is 16.9 Å². The Labute approximate surface area is 120 Å². The lowest BCUT2D eigenvalue weighted by Crippen LogP contribution is -2.37. The molecule has 1 heterocycles. The van der Waals surface area contributed by atoms with Crippen LogP contribution in [0.3, 0.4) is 0 Å². The molecule has 19 heavy (non-hydrogen) atoms. The van der Waals surface area contributed by atoms with Gasteiger partial charge in [-0.05, 0) is 31.6 Å². The summed E-state index contributed by atoms with van der Waals surface area (Å²) in [6.07, 6.45) is 8.08. The molecule has 1 aromatic rings. The van der Waals surface area contributed by atoms with Crippen LogP contribution in [0.25, 0.3) is 0 Å². The van der Waals surface area contributed by atoms with Gasteiger partial charge in [-0.25, -0.2) is 0 Å². The number of nitrogens with two attached hydrogens (primary N) is 1. The highest BCUT2D eigenvalue weighted by Crippen LogP contribution is 2.39. The van der Waals surface area contributed by atoms with Crippen molar-refractivity contribution in [1.82, 2.24) is 15.2 Å². The third kappa shape index (κ3) is 3.12. The minimum atomic E-state index is 0.115. The summed E-state index contributed by atoms with van der Waals surface area (Å²) in [5.74, 6) is 7.21. The quantitative estimate of drug-likeness (QED) is 0.644. The Morgan fingerprint density at radius 1 is 1.53 bits per heavy atom. The van der Waals surface area contributed by atoms with Gasteiger partial charge in [0.15, 0.2) is 0 Å². The molecular formula is C14H25ClN4. The molecule has 0 aromatic carbocycles. The summed E-state index contributed by atoms with van der Waals surface area (Å²) >= 11 is 6.31. The van der Waals surface area contributed by atoms with Crippen LogP contribution in [-0.2, 0) is 6.54 Å². The third-order valence-corrected chi connectivity index (χ3v) is 4.77. The summed E-state index contributed by atoms with van der Waals surface area (Å²) < 4.78 is 1.96. The van der Waals surface area contributed by atoms with Crippen LogP contribution in [0.15, 0.2) is 6.20 Å². The molecular weight excluding hydrogens is 260 g/mol. The van der Waals surface area contributed by atoms with E-state index in [2.05, 4.69) is 24.4 Å². The normalized spacial score (nSPS) is 25.5. The van der Waals surface area contributed by atoms with Gasteiger partial charge < -0.3 is 0 Å². The summed E-state index contributed by atoms with van der Waals surface area (Å²) in [7, 11) is 0. The number of nitrogens with zero attached hydrogens (tertiary/aromatic N) is 2. The Balaban J connectivity index is 2.21. The fourth-order valence-corrected chi connectivity index (χ4v) is 3.64. The predicted molar refractivity (Wildman–Crippen MR) is 78.7 cm³/mol. The standard InChI is InChI=1S/C14H25ClN4/c1-3-10-6-5-7-11(8-10)13(18-16)14-12(15)9-17-19(14)4-2/h9-11,13,18H,3-8,16H2,1-2H3. The second kappa shape index (κ2) is 6.73. The summed E-state index contributed by atoms with van der Waals surface area (Å²) in [6.45, 7) is 5.18. The molecule has 1 fully saturated rings. The van der Waals surface area contributed by atoms with Crippen molar-refractivity contribution >= 4 is 11.6 Å². The van der Waals surface area contributed by atoms with Crippen molar-refractivity contribution in [2.45, 2.75) is 58.5 Å². The molecule has 2 rings (SSSR count). The maximum Gasteiger partial charge on any atom is 0.0834 e. The second-order valence-corrected chi connectivity index (χ2v) is 5.95. The highest BCUT2D eigenvalue weighted by molar-refractivity contribution is 6.31. The first-order valence-electron chi connectivity index (χ1n) is 7.38. The number of aromatic nitrogens is 2. The molecule has 4 nitrogen and oxygen atoms in total. The zero-order chi connectivity index (χ0) is 13.8. The first kappa shape index (κ1) is 14.8.